The third-order valence-electron chi connectivity index (χ3n) is 3.20. The molecule has 3 rings (SSSR count). The second-order valence-electron chi connectivity index (χ2n) is 4.79. The minimum Gasteiger partial charge on any atom is -0.338 e. The number of nitrogens with zero attached hydrogens (tertiary/aromatic N) is 4. The Hall–Kier alpha value is -2.14. The Morgan fingerprint density at radius 3 is 2.85 bits per heavy atom. The molecule has 20 heavy (non-hydrogen) atoms. The standard InChI is InChI=1S/C14H14ClN5/c1-8-4-5-9(2)11(6-8)17-12-10-7-16-14(15)18-13(10)20(3)19-12/h4-7H,1-3H3,(H,17,19). The molecule has 102 valence electrons. The number of fused-ring (bicyclic) bond motifs is 1. The van der Waals surface area contributed by atoms with Crippen LogP contribution in [0.25, 0.3) is 11.0 Å². The van der Waals surface area contributed by atoms with E-state index in [4.69, 9.17) is 11.6 Å². The summed E-state index contributed by atoms with van der Waals surface area (Å²) in [6.07, 6.45) is 1.69. The van der Waals surface area contributed by atoms with Crippen LogP contribution in [0.2, 0.25) is 5.28 Å². The highest BCUT2D eigenvalue weighted by Crippen LogP contribution is 2.26. The van der Waals surface area contributed by atoms with Crippen LogP contribution in [0.3, 0.4) is 0 Å². The molecule has 5 nitrogen and oxygen atoms in total. The van der Waals surface area contributed by atoms with Gasteiger partial charge in [0.05, 0.1) is 5.39 Å². The molecule has 0 spiro atoms. The van der Waals surface area contributed by atoms with Crippen molar-refractivity contribution >= 4 is 34.1 Å². The van der Waals surface area contributed by atoms with Crippen molar-refractivity contribution in [1.29, 1.82) is 0 Å². The zero-order chi connectivity index (χ0) is 14.3. The second-order valence-corrected chi connectivity index (χ2v) is 5.13. The predicted molar refractivity (Wildman–Crippen MR) is 80.5 cm³/mol. The summed E-state index contributed by atoms with van der Waals surface area (Å²) < 4.78 is 1.69. The number of nitrogens with one attached hydrogen (secondary N) is 1. The molecule has 1 N–H and O–H groups in total. The van der Waals surface area contributed by atoms with Gasteiger partial charge in [0.2, 0.25) is 5.28 Å². The van der Waals surface area contributed by atoms with Gasteiger partial charge in [-0.1, -0.05) is 12.1 Å². The number of hydrogen-bond acceptors (Lipinski definition) is 4. The topological polar surface area (TPSA) is 55.6 Å². The van der Waals surface area contributed by atoms with Crippen molar-refractivity contribution in [2.24, 2.45) is 7.05 Å². The Morgan fingerprint density at radius 1 is 1.25 bits per heavy atom. The maximum Gasteiger partial charge on any atom is 0.224 e. The van der Waals surface area contributed by atoms with Gasteiger partial charge in [-0.25, -0.2) is 9.67 Å². The first-order valence-corrected chi connectivity index (χ1v) is 6.62. The maximum absolute atomic E-state index is 5.82. The van der Waals surface area contributed by atoms with Crippen molar-refractivity contribution in [3.63, 3.8) is 0 Å². The van der Waals surface area contributed by atoms with Crippen molar-refractivity contribution < 1.29 is 0 Å². The zero-order valence-corrected chi connectivity index (χ0v) is 12.2. The van der Waals surface area contributed by atoms with Crippen molar-refractivity contribution in [2.75, 3.05) is 5.32 Å². The monoisotopic (exact) mass is 287 g/mol. The van der Waals surface area contributed by atoms with Crippen molar-refractivity contribution in [3.05, 3.63) is 40.8 Å². The summed E-state index contributed by atoms with van der Waals surface area (Å²) in [6, 6.07) is 6.25. The molecule has 0 fully saturated rings. The van der Waals surface area contributed by atoms with Crippen LogP contribution in [0.5, 0.6) is 0 Å². The number of halogens is 1. The van der Waals surface area contributed by atoms with Crippen LogP contribution in [0.15, 0.2) is 24.4 Å². The SMILES string of the molecule is Cc1ccc(C)c(Nc2nn(C)c3nc(Cl)ncc23)c1. The van der Waals surface area contributed by atoms with Crippen LogP contribution >= 0.6 is 11.6 Å². The fourth-order valence-electron chi connectivity index (χ4n) is 2.11. The normalized spacial score (nSPS) is 11.0. The molecule has 1 aromatic carbocycles. The van der Waals surface area contributed by atoms with E-state index in [9.17, 15) is 0 Å². The Labute approximate surface area is 121 Å². The van der Waals surface area contributed by atoms with E-state index >= 15 is 0 Å². The molecule has 2 heterocycles. The molecule has 0 atom stereocenters. The van der Waals surface area contributed by atoms with Crippen LogP contribution in [0.4, 0.5) is 11.5 Å². The van der Waals surface area contributed by atoms with Gasteiger partial charge >= 0.3 is 0 Å². The van der Waals surface area contributed by atoms with Gasteiger partial charge in [-0.2, -0.15) is 10.1 Å². The minimum atomic E-state index is 0.221. The molecule has 0 amide bonds. The highest BCUT2D eigenvalue weighted by Gasteiger charge is 2.12. The number of aromatic nitrogens is 4. The summed E-state index contributed by atoms with van der Waals surface area (Å²) in [5.41, 5.74) is 4.08. The molecule has 0 aliphatic rings. The molecule has 0 aliphatic heterocycles. The lowest BCUT2D eigenvalue weighted by Gasteiger charge is -2.08. The van der Waals surface area contributed by atoms with E-state index < -0.39 is 0 Å². The van der Waals surface area contributed by atoms with E-state index in [2.05, 4.69) is 52.4 Å². The summed E-state index contributed by atoms with van der Waals surface area (Å²) in [6.45, 7) is 4.12. The third kappa shape index (κ3) is 2.20. The van der Waals surface area contributed by atoms with Gasteiger partial charge in [0.25, 0.3) is 0 Å². The quantitative estimate of drug-likeness (QED) is 0.734. The van der Waals surface area contributed by atoms with Gasteiger partial charge in [-0.05, 0) is 42.6 Å². The van der Waals surface area contributed by atoms with Crippen LogP contribution in [0, 0.1) is 13.8 Å². The number of hydrogen-bond donors (Lipinski definition) is 1. The first kappa shape index (κ1) is 12.9. The van der Waals surface area contributed by atoms with E-state index in [1.807, 2.05) is 7.05 Å². The fourth-order valence-corrected chi connectivity index (χ4v) is 2.24. The van der Waals surface area contributed by atoms with Crippen LogP contribution in [-0.4, -0.2) is 19.7 Å². The molecule has 0 unspecified atom stereocenters. The van der Waals surface area contributed by atoms with Crippen molar-refractivity contribution in [3.8, 4) is 0 Å². The number of anilines is 2. The van der Waals surface area contributed by atoms with Gasteiger partial charge in [-0.3, -0.25) is 0 Å². The molecule has 0 saturated heterocycles. The summed E-state index contributed by atoms with van der Waals surface area (Å²) in [4.78, 5) is 8.22. The average Bonchev–Trinajstić information content (AvgIpc) is 2.70. The van der Waals surface area contributed by atoms with Gasteiger partial charge in [0, 0.05) is 18.9 Å². The van der Waals surface area contributed by atoms with Gasteiger partial charge in [0.15, 0.2) is 11.5 Å². The van der Waals surface area contributed by atoms with Crippen molar-refractivity contribution in [2.45, 2.75) is 13.8 Å². The minimum absolute atomic E-state index is 0.221. The lowest BCUT2D eigenvalue weighted by molar-refractivity contribution is 0.789. The van der Waals surface area contributed by atoms with Crippen LogP contribution in [0.1, 0.15) is 11.1 Å². The Morgan fingerprint density at radius 2 is 2.05 bits per heavy atom. The molecular formula is C14H14ClN5. The first-order valence-electron chi connectivity index (χ1n) is 6.24. The van der Waals surface area contributed by atoms with Crippen LogP contribution in [-0.2, 0) is 7.05 Å². The Kier molecular flexibility index (Phi) is 3.06. The lowest BCUT2D eigenvalue weighted by Crippen LogP contribution is -1.96. The molecule has 0 bridgehead atoms. The first-order chi connectivity index (χ1) is 9.54. The molecule has 2 aromatic heterocycles. The van der Waals surface area contributed by atoms with Gasteiger partial charge in [0.1, 0.15) is 0 Å². The molecule has 0 radical (unpaired) electrons. The fraction of sp³-hybridized carbons (Fsp3) is 0.214. The van der Waals surface area contributed by atoms with E-state index in [0.717, 1.165) is 22.5 Å². The number of aryl methyl sites for hydroxylation is 3. The second kappa shape index (κ2) is 4.76. The summed E-state index contributed by atoms with van der Waals surface area (Å²) in [5, 5.41) is 8.85. The van der Waals surface area contributed by atoms with Crippen molar-refractivity contribution in [1.82, 2.24) is 19.7 Å². The third-order valence-corrected chi connectivity index (χ3v) is 3.38. The summed E-state index contributed by atoms with van der Waals surface area (Å²) in [5.74, 6) is 0.730. The number of rotatable bonds is 2. The molecule has 0 saturated carbocycles. The van der Waals surface area contributed by atoms with Crippen LogP contribution < -0.4 is 5.32 Å². The van der Waals surface area contributed by atoms with E-state index in [-0.39, 0.29) is 5.28 Å². The highest BCUT2D eigenvalue weighted by molar-refractivity contribution is 6.28. The summed E-state index contributed by atoms with van der Waals surface area (Å²) in [7, 11) is 1.83. The Bertz CT molecular complexity index is 794. The highest BCUT2D eigenvalue weighted by atomic mass is 35.5. The number of benzene rings is 1. The van der Waals surface area contributed by atoms with Gasteiger partial charge in [-0.15, -0.1) is 0 Å². The van der Waals surface area contributed by atoms with Gasteiger partial charge < -0.3 is 5.32 Å². The smallest absolute Gasteiger partial charge is 0.224 e. The van der Waals surface area contributed by atoms with E-state index in [1.165, 1.54) is 5.56 Å². The van der Waals surface area contributed by atoms with E-state index in [0.29, 0.717) is 5.65 Å². The average molecular weight is 288 g/mol. The molecule has 0 aliphatic carbocycles. The summed E-state index contributed by atoms with van der Waals surface area (Å²) >= 11 is 5.82. The zero-order valence-electron chi connectivity index (χ0n) is 11.5. The van der Waals surface area contributed by atoms with E-state index in [1.54, 1.807) is 10.9 Å². The Balaban J connectivity index is 2.09. The molecular weight excluding hydrogens is 274 g/mol. The largest absolute Gasteiger partial charge is 0.338 e. The molecule has 6 heteroatoms. The predicted octanol–water partition coefficient (Wildman–Crippen LogP) is 3.38. The lowest BCUT2D eigenvalue weighted by atomic mass is 10.1. The molecule has 3 aromatic rings. The maximum atomic E-state index is 5.82.